The molecule has 0 spiro atoms. The van der Waals surface area contributed by atoms with Crippen LogP contribution in [-0.2, 0) is 6.54 Å². The summed E-state index contributed by atoms with van der Waals surface area (Å²) in [5, 5.41) is 7.70. The van der Waals surface area contributed by atoms with E-state index in [2.05, 4.69) is 41.3 Å². The number of hydrogen-bond acceptors (Lipinski definition) is 6. The first-order valence-corrected chi connectivity index (χ1v) is 12.7. The largest absolute Gasteiger partial charge is 0.399 e. The third kappa shape index (κ3) is 5.69. The first-order chi connectivity index (χ1) is 18.1. The van der Waals surface area contributed by atoms with Crippen molar-refractivity contribution in [1.82, 2.24) is 19.8 Å². The van der Waals surface area contributed by atoms with Crippen LogP contribution < -0.4 is 11.5 Å². The lowest BCUT2D eigenvalue weighted by Crippen LogP contribution is -2.42. The van der Waals surface area contributed by atoms with Crippen molar-refractivity contribution in [3.8, 4) is 22.5 Å². The summed E-state index contributed by atoms with van der Waals surface area (Å²) in [5.74, 6) is 0. The van der Waals surface area contributed by atoms with E-state index in [0.29, 0.717) is 18.3 Å². The average Bonchev–Trinajstić information content (AvgIpc) is 2.94. The zero-order valence-electron chi connectivity index (χ0n) is 20.9. The fraction of sp³-hybridized carbons (Fsp3) is 0.233. The Hall–Kier alpha value is -4.07. The van der Waals surface area contributed by atoms with Gasteiger partial charge in [-0.25, -0.2) is 9.97 Å². The van der Waals surface area contributed by atoms with Crippen molar-refractivity contribution in [1.29, 1.82) is 5.41 Å². The summed E-state index contributed by atoms with van der Waals surface area (Å²) in [6, 6.07) is 24.9. The highest BCUT2D eigenvalue weighted by molar-refractivity contribution is 5.87. The van der Waals surface area contributed by atoms with Gasteiger partial charge in [0.05, 0.1) is 28.8 Å². The Labute approximate surface area is 218 Å². The van der Waals surface area contributed by atoms with E-state index < -0.39 is 0 Å². The van der Waals surface area contributed by atoms with Gasteiger partial charge in [0.15, 0.2) is 0 Å². The van der Waals surface area contributed by atoms with Gasteiger partial charge in [0, 0.05) is 55.2 Å². The van der Waals surface area contributed by atoms with Crippen LogP contribution in [0.25, 0.3) is 33.5 Å². The van der Waals surface area contributed by atoms with Gasteiger partial charge in [-0.3, -0.25) is 10.3 Å². The van der Waals surface area contributed by atoms with E-state index in [-0.39, 0.29) is 0 Å². The highest BCUT2D eigenvalue weighted by Gasteiger charge is 2.22. The molecule has 0 aliphatic carbocycles. The molecule has 5 rings (SSSR count). The van der Waals surface area contributed by atoms with Gasteiger partial charge in [-0.15, -0.1) is 0 Å². The number of nitrogens with zero attached hydrogens (tertiary/aromatic N) is 4. The summed E-state index contributed by atoms with van der Waals surface area (Å²) in [7, 11) is 0. The van der Waals surface area contributed by atoms with Crippen molar-refractivity contribution >= 4 is 23.1 Å². The number of nitrogens with two attached hydrogens (primary N) is 2. The summed E-state index contributed by atoms with van der Waals surface area (Å²) in [6.45, 7) is 3.41. The second-order valence-electron chi connectivity index (χ2n) is 9.44. The van der Waals surface area contributed by atoms with Crippen LogP contribution in [0.1, 0.15) is 18.4 Å². The number of piperidine rings is 1. The molecule has 2 heterocycles. The van der Waals surface area contributed by atoms with Gasteiger partial charge in [-0.2, -0.15) is 0 Å². The molecule has 1 aromatic heterocycles. The first kappa shape index (κ1) is 24.6. The molecule has 1 aliphatic heterocycles. The number of likely N-dealkylation sites (tertiary alicyclic amines) is 1. The fourth-order valence-corrected chi connectivity index (χ4v) is 4.92. The van der Waals surface area contributed by atoms with Gasteiger partial charge < -0.3 is 16.4 Å². The minimum Gasteiger partial charge on any atom is -0.399 e. The zero-order valence-corrected chi connectivity index (χ0v) is 20.9. The van der Waals surface area contributed by atoms with Crippen LogP contribution in [0.2, 0.25) is 0 Å². The molecule has 5 N–H and O–H groups in total. The van der Waals surface area contributed by atoms with Gasteiger partial charge in [-0.05, 0) is 36.6 Å². The van der Waals surface area contributed by atoms with Crippen LogP contribution in [-0.4, -0.2) is 51.8 Å². The molecule has 7 nitrogen and oxygen atoms in total. The molecule has 1 fully saturated rings. The van der Waals surface area contributed by atoms with E-state index in [1.54, 1.807) is 0 Å². The van der Waals surface area contributed by atoms with Crippen molar-refractivity contribution in [3.05, 3.63) is 90.6 Å². The van der Waals surface area contributed by atoms with E-state index in [0.717, 1.165) is 66.0 Å². The molecular weight excluding hydrogens is 458 g/mol. The van der Waals surface area contributed by atoms with Crippen LogP contribution in [0.3, 0.4) is 0 Å². The average molecular weight is 492 g/mol. The summed E-state index contributed by atoms with van der Waals surface area (Å²) in [4.78, 5) is 14.4. The summed E-state index contributed by atoms with van der Waals surface area (Å²) in [5.41, 5.74) is 19.0. The van der Waals surface area contributed by atoms with Gasteiger partial charge in [0.25, 0.3) is 0 Å². The van der Waals surface area contributed by atoms with E-state index >= 15 is 0 Å². The van der Waals surface area contributed by atoms with Gasteiger partial charge in [0.1, 0.15) is 0 Å². The summed E-state index contributed by atoms with van der Waals surface area (Å²) in [6.07, 6.45) is 7.29. The second-order valence-corrected chi connectivity index (χ2v) is 9.44. The molecule has 3 aromatic carbocycles. The van der Waals surface area contributed by atoms with Gasteiger partial charge in [-0.1, -0.05) is 60.7 Å². The minimum absolute atomic E-state index is 0.358. The van der Waals surface area contributed by atoms with Gasteiger partial charge in [0.2, 0.25) is 0 Å². The number of nitrogen functional groups attached to an aromatic ring is 1. The van der Waals surface area contributed by atoms with Crippen molar-refractivity contribution in [3.63, 3.8) is 0 Å². The number of rotatable bonds is 8. The Morgan fingerprint density at radius 3 is 2.24 bits per heavy atom. The van der Waals surface area contributed by atoms with Crippen LogP contribution in [0.15, 0.2) is 85.1 Å². The Balaban J connectivity index is 1.34. The number of benzene rings is 3. The quantitative estimate of drug-likeness (QED) is 0.184. The maximum Gasteiger partial charge on any atom is 0.0973 e. The fourth-order valence-electron chi connectivity index (χ4n) is 4.92. The molecule has 37 heavy (non-hydrogen) atoms. The van der Waals surface area contributed by atoms with E-state index in [1.165, 1.54) is 11.9 Å². The van der Waals surface area contributed by atoms with E-state index in [4.69, 9.17) is 26.8 Å². The predicted molar refractivity (Wildman–Crippen MR) is 152 cm³/mol. The number of hydrogen-bond donors (Lipinski definition) is 3. The SMILES string of the molecule is N=CN(/C=C/CN)C1CCN(Cc2ccc(-c3nc4ccc(N)cc4nc3-c3ccccc3)cc2)CC1. The van der Waals surface area contributed by atoms with Gasteiger partial charge >= 0.3 is 0 Å². The first-order valence-electron chi connectivity index (χ1n) is 12.7. The molecule has 0 unspecified atom stereocenters. The molecule has 0 atom stereocenters. The highest BCUT2D eigenvalue weighted by Crippen LogP contribution is 2.32. The lowest BCUT2D eigenvalue weighted by Gasteiger charge is -2.36. The molecular formula is C30H33N7. The molecule has 7 heteroatoms. The highest BCUT2D eigenvalue weighted by atomic mass is 15.2. The molecule has 0 radical (unpaired) electrons. The lowest BCUT2D eigenvalue weighted by molar-refractivity contribution is 0.168. The molecule has 4 aromatic rings. The van der Waals surface area contributed by atoms with Crippen molar-refractivity contribution in [2.24, 2.45) is 5.73 Å². The summed E-state index contributed by atoms with van der Waals surface area (Å²) >= 11 is 0. The number of nitrogens with one attached hydrogen (secondary N) is 1. The molecule has 0 amide bonds. The standard InChI is InChI=1S/C30H33N7/c31-15-4-16-37(21-32)26-13-17-36(18-14-26)20-22-7-9-24(10-8-22)30-29(23-5-2-1-3-6-23)35-28-19-25(33)11-12-27(28)34-30/h1-12,16,19,21,26,32H,13-15,17-18,20,31,33H2/b16-4+,32-21?. The Morgan fingerprint density at radius 2 is 1.57 bits per heavy atom. The number of anilines is 1. The van der Waals surface area contributed by atoms with E-state index in [1.807, 2.05) is 53.6 Å². The number of fused-ring (bicyclic) bond motifs is 1. The Kier molecular flexibility index (Phi) is 7.54. The summed E-state index contributed by atoms with van der Waals surface area (Å²) < 4.78 is 0. The third-order valence-corrected chi connectivity index (χ3v) is 6.91. The second kappa shape index (κ2) is 11.3. The maximum atomic E-state index is 7.70. The van der Waals surface area contributed by atoms with Crippen LogP contribution in [0.5, 0.6) is 0 Å². The molecule has 1 aliphatic rings. The molecule has 1 saturated heterocycles. The normalized spacial score (nSPS) is 14.8. The van der Waals surface area contributed by atoms with Crippen LogP contribution in [0, 0.1) is 5.41 Å². The Bertz CT molecular complexity index is 1370. The maximum absolute atomic E-state index is 7.70. The lowest BCUT2D eigenvalue weighted by atomic mass is 10.0. The monoisotopic (exact) mass is 491 g/mol. The topological polar surface area (TPSA) is 108 Å². The molecule has 0 saturated carbocycles. The van der Waals surface area contributed by atoms with Crippen molar-refractivity contribution in [2.45, 2.75) is 25.4 Å². The predicted octanol–water partition coefficient (Wildman–Crippen LogP) is 4.89. The zero-order chi connectivity index (χ0) is 25.6. The van der Waals surface area contributed by atoms with Crippen LogP contribution in [0.4, 0.5) is 5.69 Å². The van der Waals surface area contributed by atoms with Crippen molar-refractivity contribution in [2.75, 3.05) is 25.4 Å². The Morgan fingerprint density at radius 1 is 0.892 bits per heavy atom. The smallest absolute Gasteiger partial charge is 0.0973 e. The minimum atomic E-state index is 0.358. The molecule has 188 valence electrons. The van der Waals surface area contributed by atoms with Crippen LogP contribution >= 0.6 is 0 Å². The molecule has 0 bridgehead atoms. The number of aromatic nitrogens is 2. The van der Waals surface area contributed by atoms with E-state index in [9.17, 15) is 0 Å². The van der Waals surface area contributed by atoms with Crippen molar-refractivity contribution < 1.29 is 0 Å². The third-order valence-electron chi connectivity index (χ3n) is 6.91.